The van der Waals surface area contributed by atoms with E-state index in [9.17, 15) is 9.59 Å². The maximum absolute atomic E-state index is 12.0. The molecule has 0 radical (unpaired) electrons. The minimum absolute atomic E-state index is 0.149. The second-order valence-corrected chi connectivity index (χ2v) is 5.73. The van der Waals surface area contributed by atoms with Crippen LogP contribution in [0.1, 0.15) is 35.6 Å². The number of carbonyl (C=O) groups excluding carboxylic acids is 2. The molecule has 0 aliphatic rings. The van der Waals surface area contributed by atoms with E-state index in [2.05, 4.69) is 20.7 Å². The Bertz CT molecular complexity index is 737. The Labute approximate surface area is 146 Å². The largest absolute Gasteiger partial charge is 0.466 e. The maximum atomic E-state index is 12.0. The standard InChI is InChI=1S/C18H23N3O4/c1-11-9-16(13(3)25-11)12(2)20-17(22)19-10-14-5-7-15(8-6-14)21-18(23)24-4/h5-9,12H,10H2,1-4H3,(H,21,23)(H2,19,20,22). The van der Waals surface area contributed by atoms with E-state index < -0.39 is 6.09 Å². The van der Waals surface area contributed by atoms with Crippen LogP contribution >= 0.6 is 0 Å². The number of ether oxygens (including phenoxy) is 1. The number of amides is 3. The Hall–Kier alpha value is -2.96. The number of hydrogen-bond acceptors (Lipinski definition) is 4. The van der Waals surface area contributed by atoms with Gasteiger partial charge in [-0.1, -0.05) is 12.1 Å². The van der Waals surface area contributed by atoms with Gasteiger partial charge in [-0.3, -0.25) is 5.32 Å². The number of benzene rings is 1. The molecule has 0 aliphatic carbocycles. The van der Waals surface area contributed by atoms with Crippen molar-refractivity contribution in [2.24, 2.45) is 0 Å². The van der Waals surface area contributed by atoms with Gasteiger partial charge in [-0.15, -0.1) is 0 Å². The second kappa shape index (κ2) is 8.23. The molecule has 0 saturated heterocycles. The van der Waals surface area contributed by atoms with Gasteiger partial charge >= 0.3 is 12.1 Å². The van der Waals surface area contributed by atoms with Gasteiger partial charge in [0.05, 0.1) is 13.2 Å². The Balaban J connectivity index is 1.83. The minimum atomic E-state index is -0.524. The maximum Gasteiger partial charge on any atom is 0.411 e. The summed E-state index contributed by atoms with van der Waals surface area (Å²) in [5.74, 6) is 1.63. The summed E-state index contributed by atoms with van der Waals surface area (Å²) in [5, 5.41) is 8.25. The molecule has 1 aromatic carbocycles. The van der Waals surface area contributed by atoms with E-state index in [0.29, 0.717) is 12.2 Å². The molecular weight excluding hydrogens is 322 g/mol. The average molecular weight is 345 g/mol. The van der Waals surface area contributed by atoms with Crippen molar-refractivity contribution in [1.82, 2.24) is 10.6 Å². The van der Waals surface area contributed by atoms with E-state index in [-0.39, 0.29) is 12.1 Å². The zero-order valence-corrected chi connectivity index (χ0v) is 14.8. The summed E-state index contributed by atoms with van der Waals surface area (Å²) < 4.78 is 10.0. The van der Waals surface area contributed by atoms with Crippen molar-refractivity contribution in [3.63, 3.8) is 0 Å². The lowest BCUT2D eigenvalue weighted by atomic mass is 10.1. The Morgan fingerprint density at radius 2 is 1.88 bits per heavy atom. The number of carbonyl (C=O) groups is 2. The van der Waals surface area contributed by atoms with E-state index in [4.69, 9.17) is 4.42 Å². The van der Waals surface area contributed by atoms with Crippen LogP contribution in [0.3, 0.4) is 0 Å². The molecule has 3 amide bonds. The third-order valence-electron chi connectivity index (χ3n) is 3.73. The highest BCUT2D eigenvalue weighted by molar-refractivity contribution is 5.84. The van der Waals surface area contributed by atoms with Crippen molar-refractivity contribution in [3.05, 3.63) is 53.0 Å². The van der Waals surface area contributed by atoms with Crippen molar-refractivity contribution in [2.75, 3.05) is 12.4 Å². The molecule has 2 rings (SSSR count). The monoisotopic (exact) mass is 345 g/mol. The van der Waals surface area contributed by atoms with Crippen molar-refractivity contribution < 1.29 is 18.7 Å². The van der Waals surface area contributed by atoms with Crippen molar-refractivity contribution in [3.8, 4) is 0 Å². The first kappa shape index (κ1) is 18.4. The fourth-order valence-corrected chi connectivity index (χ4v) is 2.46. The third-order valence-corrected chi connectivity index (χ3v) is 3.73. The molecule has 0 fully saturated rings. The van der Waals surface area contributed by atoms with E-state index >= 15 is 0 Å². The Kier molecular flexibility index (Phi) is 6.05. The number of aryl methyl sites for hydroxylation is 2. The summed E-state index contributed by atoms with van der Waals surface area (Å²) in [6.45, 7) is 6.04. The fourth-order valence-electron chi connectivity index (χ4n) is 2.46. The normalized spacial score (nSPS) is 11.5. The van der Waals surface area contributed by atoms with Gasteiger partial charge in [0, 0.05) is 17.8 Å². The van der Waals surface area contributed by atoms with Crippen LogP contribution in [0, 0.1) is 13.8 Å². The van der Waals surface area contributed by atoms with Crippen molar-refractivity contribution in [1.29, 1.82) is 0 Å². The summed E-state index contributed by atoms with van der Waals surface area (Å²) in [6, 6.07) is 8.63. The lowest BCUT2D eigenvalue weighted by molar-refractivity contribution is 0.187. The smallest absolute Gasteiger partial charge is 0.411 e. The molecule has 2 aromatic rings. The first-order valence-corrected chi connectivity index (χ1v) is 7.94. The zero-order chi connectivity index (χ0) is 18.4. The molecule has 1 heterocycles. The van der Waals surface area contributed by atoms with E-state index in [1.54, 1.807) is 12.1 Å². The van der Waals surface area contributed by atoms with Crippen LogP contribution in [0.15, 0.2) is 34.7 Å². The highest BCUT2D eigenvalue weighted by Crippen LogP contribution is 2.21. The summed E-state index contributed by atoms with van der Waals surface area (Å²) >= 11 is 0. The molecule has 1 aromatic heterocycles. The van der Waals surface area contributed by atoms with E-state index in [1.807, 2.05) is 39.0 Å². The number of furan rings is 1. The lowest BCUT2D eigenvalue weighted by Gasteiger charge is -2.14. The molecule has 134 valence electrons. The highest BCUT2D eigenvalue weighted by atomic mass is 16.5. The summed E-state index contributed by atoms with van der Waals surface area (Å²) in [7, 11) is 1.31. The lowest BCUT2D eigenvalue weighted by Crippen LogP contribution is -2.36. The number of methoxy groups -OCH3 is 1. The second-order valence-electron chi connectivity index (χ2n) is 5.73. The molecule has 1 unspecified atom stereocenters. The molecule has 0 spiro atoms. The Morgan fingerprint density at radius 1 is 1.20 bits per heavy atom. The highest BCUT2D eigenvalue weighted by Gasteiger charge is 2.14. The number of nitrogens with one attached hydrogen (secondary N) is 3. The van der Waals surface area contributed by atoms with Gasteiger partial charge in [-0.25, -0.2) is 9.59 Å². The number of rotatable bonds is 5. The van der Waals surface area contributed by atoms with Crippen LogP contribution in [0.5, 0.6) is 0 Å². The van der Waals surface area contributed by atoms with Gasteiger partial charge in [-0.05, 0) is 44.5 Å². The predicted octanol–water partition coefficient (Wildman–Crippen LogP) is 3.64. The average Bonchev–Trinajstić information content (AvgIpc) is 2.92. The molecule has 7 heteroatoms. The van der Waals surface area contributed by atoms with Crippen molar-refractivity contribution >= 4 is 17.8 Å². The molecule has 1 atom stereocenters. The summed E-state index contributed by atoms with van der Waals surface area (Å²) in [6.07, 6.45) is -0.524. The Morgan fingerprint density at radius 3 is 2.44 bits per heavy atom. The molecule has 25 heavy (non-hydrogen) atoms. The molecule has 0 aliphatic heterocycles. The molecule has 3 N–H and O–H groups in total. The minimum Gasteiger partial charge on any atom is -0.466 e. The molecule has 7 nitrogen and oxygen atoms in total. The van der Waals surface area contributed by atoms with Gasteiger partial charge in [0.15, 0.2) is 0 Å². The quantitative estimate of drug-likeness (QED) is 0.771. The third kappa shape index (κ3) is 5.27. The predicted molar refractivity (Wildman–Crippen MR) is 94.4 cm³/mol. The molecular formula is C18H23N3O4. The van der Waals surface area contributed by atoms with Gasteiger partial charge in [-0.2, -0.15) is 0 Å². The van der Waals surface area contributed by atoms with Crippen LogP contribution in [-0.4, -0.2) is 19.2 Å². The SMILES string of the molecule is COC(=O)Nc1ccc(CNC(=O)NC(C)c2cc(C)oc2C)cc1. The van der Waals surface area contributed by atoms with Crippen LogP contribution in [0.25, 0.3) is 0 Å². The topological polar surface area (TPSA) is 92.6 Å². The van der Waals surface area contributed by atoms with Crippen LogP contribution in [0.4, 0.5) is 15.3 Å². The van der Waals surface area contributed by atoms with Crippen LogP contribution < -0.4 is 16.0 Å². The first-order chi connectivity index (χ1) is 11.9. The summed E-state index contributed by atoms with van der Waals surface area (Å²) in [5.41, 5.74) is 2.50. The van der Waals surface area contributed by atoms with Crippen LogP contribution in [0.2, 0.25) is 0 Å². The molecule has 0 bridgehead atoms. The number of hydrogen-bond donors (Lipinski definition) is 3. The number of urea groups is 1. The van der Waals surface area contributed by atoms with Gasteiger partial charge in [0.2, 0.25) is 0 Å². The summed E-state index contributed by atoms with van der Waals surface area (Å²) in [4.78, 5) is 23.2. The van der Waals surface area contributed by atoms with E-state index in [0.717, 1.165) is 22.6 Å². The number of anilines is 1. The van der Waals surface area contributed by atoms with E-state index in [1.165, 1.54) is 7.11 Å². The fraction of sp³-hybridized carbons (Fsp3) is 0.333. The van der Waals surface area contributed by atoms with Crippen molar-refractivity contribution in [2.45, 2.75) is 33.4 Å². The van der Waals surface area contributed by atoms with Gasteiger partial charge in [0.25, 0.3) is 0 Å². The first-order valence-electron chi connectivity index (χ1n) is 7.94. The van der Waals surface area contributed by atoms with Gasteiger partial charge < -0.3 is 19.8 Å². The van der Waals surface area contributed by atoms with Crippen LogP contribution in [-0.2, 0) is 11.3 Å². The van der Waals surface area contributed by atoms with Gasteiger partial charge in [0.1, 0.15) is 11.5 Å². The zero-order valence-electron chi connectivity index (χ0n) is 14.8. The molecule has 0 saturated carbocycles.